The molecular weight excluding hydrogens is 348 g/mol. The molecule has 2 aromatic heterocycles. The Morgan fingerprint density at radius 1 is 1.19 bits per heavy atom. The van der Waals surface area contributed by atoms with Crippen LogP contribution in [0.25, 0.3) is 11.6 Å². The van der Waals surface area contributed by atoms with Crippen molar-refractivity contribution in [1.29, 1.82) is 0 Å². The standard InChI is InChI=1S/C19H22N4O2S/c1-4-22(15-10-7-6-8-11-15)18(24)14(3)26-19-21-20-17(23(19)5-2)16-12-9-13-25-16/h6-14H,4-5H2,1-3H3. The molecule has 0 bridgehead atoms. The highest BCUT2D eigenvalue weighted by atomic mass is 32.2. The Kier molecular flexibility index (Phi) is 5.78. The first-order valence-electron chi connectivity index (χ1n) is 8.65. The highest BCUT2D eigenvalue weighted by molar-refractivity contribution is 8.00. The quantitative estimate of drug-likeness (QED) is 0.586. The van der Waals surface area contributed by atoms with Crippen LogP contribution in [-0.4, -0.2) is 32.5 Å². The summed E-state index contributed by atoms with van der Waals surface area (Å²) < 4.78 is 7.40. The monoisotopic (exact) mass is 370 g/mol. The van der Waals surface area contributed by atoms with E-state index in [1.54, 1.807) is 11.2 Å². The van der Waals surface area contributed by atoms with Gasteiger partial charge in [0.1, 0.15) is 0 Å². The number of hydrogen-bond donors (Lipinski definition) is 0. The van der Waals surface area contributed by atoms with Crippen molar-refractivity contribution in [2.45, 2.75) is 37.7 Å². The van der Waals surface area contributed by atoms with E-state index in [1.807, 2.05) is 67.8 Å². The molecule has 3 aromatic rings. The second-order valence-corrected chi connectivity index (χ2v) is 7.01. The smallest absolute Gasteiger partial charge is 0.240 e. The fraction of sp³-hybridized carbons (Fsp3) is 0.316. The Hall–Kier alpha value is -2.54. The predicted molar refractivity (Wildman–Crippen MR) is 103 cm³/mol. The molecule has 0 saturated heterocycles. The molecule has 3 rings (SSSR count). The maximum Gasteiger partial charge on any atom is 0.240 e. The average Bonchev–Trinajstić information content (AvgIpc) is 3.32. The molecule has 6 nitrogen and oxygen atoms in total. The van der Waals surface area contributed by atoms with Crippen molar-refractivity contribution < 1.29 is 9.21 Å². The van der Waals surface area contributed by atoms with Crippen molar-refractivity contribution in [2.75, 3.05) is 11.4 Å². The molecular formula is C19H22N4O2S. The molecule has 0 N–H and O–H groups in total. The summed E-state index contributed by atoms with van der Waals surface area (Å²) in [4.78, 5) is 14.7. The summed E-state index contributed by atoms with van der Waals surface area (Å²) in [6.07, 6.45) is 1.61. The molecule has 1 amide bonds. The molecule has 0 radical (unpaired) electrons. The van der Waals surface area contributed by atoms with Gasteiger partial charge in [0.05, 0.1) is 11.5 Å². The van der Waals surface area contributed by atoms with Crippen LogP contribution in [0, 0.1) is 0 Å². The number of benzene rings is 1. The molecule has 1 unspecified atom stereocenters. The lowest BCUT2D eigenvalue weighted by Crippen LogP contribution is -2.36. The topological polar surface area (TPSA) is 64.2 Å². The van der Waals surface area contributed by atoms with Crippen LogP contribution in [0.2, 0.25) is 0 Å². The number of nitrogens with zero attached hydrogens (tertiary/aromatic N) is 4. The first kappa shape index (κ1) is 18.3. The largest absolute Gasteiger partial charge is 0.461 e. The van der Waals surface area contributed by atoms with E-state index in [-0.39, 0.29) is 11.2 Å². The Labute approximate surface area is 157 Å². The minimum Gasteiger partial charge on any atom is -0.461 e. The van der Waals surface area contributed by atoms with Crippen LogP contribution in [0.15, 0.2) is 58.3 Å². The maximum absolute atomic E-state index is 12.9. The van der Waals surface area contributed by atoms with Gasteiger partial charge in [-0.1, -0.05) is 30.0 Å². The molecule has 26 heavy (non-hydrogen) atoms. The fourth-order valence-electron chi connectivity index (χ4n) is 2.75. The first-order valence-corrected chi connectivity index (χ1v) is 9.53. The van der Waals surface area contributed by atoms with E-state index in [2.05, 4.69) is 10.2 Å². The predicted octanol–water partition coefficient (Wildman–Crippen LogP) is 4.09. The molecule has 2 heterocycles. The lowest BCUT2D eigenvalue weighted by molar-refractivity contribution is -0.117. The van der Waals surface area contributed by atoms with E-state index in [4.69, 9.17) is 4.42 Å². The molecule has 1 atom stereocenters. The molecule has 0 fully saturated rings. The van der Waals surface area contributed by atoms with Crippen LogP contribution in [0.3, 0.4) is 0 Å². The number of carbonyl (C=O) groups is 1. The van der Waals surface area contributed by atoms with Crippen molar-refractivity contribution in [2.24, 2.45) is 0 Å². The van der Waals surface area contributed by atoms with Crippen LogP contribution >= 0.6 is 11.8 Å². The molecule has 0 spiro atoms. The zero-order chi connectivity index (χ0) is 18.5. The van der Waals surface area contributed by atoms with Crippen molar-refractivity contribution in [3.05, 3.63) is 48.7 Å². The summed E-state index contributed by atoms with van der Waals surface area (Å²) in [6.45, 7) is 7.22. The number of furan rings is 1. The van der Waals surface area contributed by atoms with Gasteiger partial charge < -0.3 is 9.32 Å². The van der Waals surface area contributed by atoms with Gasteiger partial charge in [0, 0.05) is 18.8 Å². The lowest BCUT2D eigenvalue weighted by Gasteiger charge is -2.24. The first-order chi connectivity index (χ1) is 12.7. The molecule has 1 aromatic carbocycles. The highest BCUT2D eigenvalue weighted by Crippen LogP contribution is 2.28. The van der Waals surface area contributed by atoms with Crippen molar-refractivity contribution in [1.82, 2.24) is 14.8 Å². The summed E-state index contributed by atoms with van der Waals surface area (Å²) in [6, 6.07) is 13.4. The Balaban J connectivity index is 1.79. The van der Waals surface area contributed by atoms with Gasteiger partial charge in [-0.3, -0.25) is 9.36 Å². The minimum absolute atomic E-state index is 0.0499. The number of amides is 1. The summed E-state index contributed by atoms with van der Waals surface area (Å²) in [5.41, 5.74) is 0.903. The molecule has 0 aliphatic heterocycles. The Morgan fingerprint density at radius 2 is 1.96 bits per heavy atom. The summed E-state index contributed by atoms with van der Waals surface area (Å²) in [5.74, 6) is 1.40. The van der Waals surface area contributed by atoms with Crippen molar-refractivity contribution in [3.8, 4) is 11.6 Å². The number of anilines is 1. The highest BCUT2D eigenvalue weighted by Gasteiger charge is 2.25. The van der Waals surface area contributed by atoms with Gasteiger partial charge in [-0.25, -0.2) is 0 Å². The Bertz CT molecular complexity index is 846. The summed E-state index contributed by atoms with van der Waals surface area (Å²) >= 11 is 1.42. The second kappa shape index (κ2) is 8.23. The molecule has 0 saturated carbocycles. The summed E-state index contributed by atoms with van der Waals surface area (Å²) in [5, 5.41) is 8.94. The van der Waals surface area contributed by atoms with Crippen molar-refractivity contribution >= 4 is 23.4 Å². The number of aromatic nitrogens is 3. The van der Waals surface area contributed by atoms with Crippen LogP contribution in [0.1, 0.15) is 20.8 Å². The fourth-order valence-corrected chi connectivity index (χ4v) is 3.73. The van der Waals surface area contributed by atoms with E-state index >= 15 is 0 Å². The normalized spacial score (nSPS) is 12.1. The lowest BCUT2D eigenvalue weighted by atomic mass is 10.2. The van der Waals surface area contributed by atoms with Crippen LogP contribution < -0.4 is 4.90 Å². The van der Waals surface area contributed by atoms with Gasteiger partial charge >= 0.3 is 0 Å². The van der Waals surface area contributed by atoms with E-state index in [0.29, 0.717) is 29.8 Å². The van der Waals surface area contributed by atoms with E-state index in [1.165, 1.54) is 11.8 Å². The van der Waals surface area contributed by atoms with E-state index in [0.717, 1.165) is 5.69 Å². The average molecular weight is 370 g/mol. The van der Waals surface area contributed by atoms with Crippen LogP contribution in [0.4, 0.5) is 5.69 Å². The molecule has 0 aliphatic carbocycles. The third-order valence-electron chi connectivity index (χ3n) is 4.05. The molecule has 136 valence electrons. The van der Waals surface area contributed by atoms with Crippen LogP contribution in [0.5, 0.6) is 0 Å². The van der Waals surface area contributed by atoms with Gasteiger partial charge in [0.25, 0.3) is 0 Å². The second-order valence-electron chi connectivity index (χ2n) is 5.71. The SMILES string of the molecule is CCN(C(=O)C(C)Sc1nnc(-c2ccco2)n1CC)c1ccccc1. The van der Waals surface area contributed by atoms with Gasteiger partial charge in [-0.15, -0.1) is 10.2 Å². The molecule has 7 heteroatoms. The van der Waals surface area contributed by atoms with Gasteiger partial charge in [-0.2, -0.15) is 0 Å². The number of rotatable bonds is 7. The zero-order valence-corrected chi connectivity index (χ0v) is 15.9. The number of thioether (sulfide) groups is 1. The summed E-state index contributed by atoms with van der Waals surface area (Å²) in [7, 11) is 0. The van der Waals surface area contributed by atoms with Gasteiger partial charge in [0.15, 0.2) is 16.7 Å². The number of para-hydroxylation sites is 1. The maximum atomic E-state index is 12.9. The van der Waals surface area contributed by atoms with Gasteiger partial charge in [-0.05, 0) is 45.0 Å². The third-order valence-corrected chi connectivity index (χ3v) is 5.12. The van der Waals surface area contributed by atoms with Crippen LogP contribution in [-0.2, 0) is 11.3 Å². The minimum atomic E-state index is -0.283. The van der Waals surface area contributed by atoms with E-state index < -0.39 is 0 Å². The van der Waals surface area contributed by atoms with E-state index in [9.17, 15) is 4.79 Å². The van der Waals surface area contributed by atoms with Crippen molar-refractivity contribution in [3.63, 3.8) is 0 Å². The zero-order valence-electron chi connectivity index (χ0n) is 15.1. The third kappa shape index (κ3) is 3.67. The Morgan fingerprint density at radius 3 is 2.58 bits per heavy atom. The number of hydrogen-bond acceptors (Lipinski definition) is 5. The number of carbonyl (C=O) groups excluding carboxylic acids is 1. The van der Waals surface area contributed by atoms with Gasteiger partial charge in [0.2, 0.25) is 5.91 Å². The molecule has 0 aliphatic rings.